The number of H-pyrrole nitrogens is 1. The molecule has 0 aliphatic heterocycles. The summed E-state index contributed by atoms with van der Waals surface area (Å²) < 4.78 is 26.8. The van der Waals surface area contributed by atoms with Gasteiger partial charge < -0.3 is 5.11 Å². The van der Waals surface area contributed by atoms with Gasteiger partial charge in [0.1, 0.15) is 0 Å². The molecule has 2 fully saturated rings. The largest absolute Gasteiger partial charge is 0.481 e. The second-order valence-corrected chi connectivity index (χ2v) is 6.95. The highest BCUT2D eigenvalue weighted by Crippen LogP contribution is 2.48. The molecule has 4 atom stereocenters. The number of aromatic amines is 1. The second kappa shape index (κ2) is 4.31. The molecule has 19 heavy (non-hydrogen) atoms. The Bertz CT molecular complexity index is 583. The Morgan fingerprint density at radius 2 is 2.16 bits per heavy atom. The molecule has 104 valence electrons. The summed E-state index contributed by atoms with van der Waals surface area (Å²) in [5, 5.41) is 15.2. The lowest BCUT2D eigenvalue weighted by Crippen LogP contribution is -2.46. The van der Waals surface area contributed by atoms with Crippen LogP contribution in [0.4, 0.5) is 0 Å². The minimum Gasteiger partial charge on any atom is -0.481 e. The van der Waals surface area contributed by atoms with Crippen LogP contribution in [0, 0.1) is 17.8 Å². The van der Waals surface area contributed by atoms with Crippen molar-refractivity contribution in [3.05, 3.63) is 12.3 Å². The Balaban J connectivity index is 1.85. The van der Waals surface area contributed by atoms with Crippen LogP contribution in [0.5, 0.6) is 0 Å². The second-order valence-electron chi connectivity index (χ2n) is 5.27. The lowest BCUT2D eigenvalue weighted by molar-refractivity contribution is -0.144. The average Bonchev–Trinajstić information content (AvgIpc) is 3.05. The maximum absolute atomic E-state index is 12.1. The molecule has 1 aromatic heterocycles. The average molecular weight is 285 g/mol. The standard InChI is InChI=1S/C11H15N3O4S/c15-11(16)9-6-1-2-7(5-6)10(9)14-19(17,18)8-3-4-12-13-8/h3-4,6-7,9-10,14H,1-2,5H2,(H,12,13)(H,15,16). The minimum atomic E-state index is -3.72. The van der Waals surface area contributed by atoms with Crippen molar-refractivity contribution in [1.82, 2.24) is 14.9 Å². The number of sulfonamides is 1. The zero-order valence-corrected chi connectivity index (χ0v) is 10.9. The van der Waals surface area contributed by atoms with Crippen molar-refractivity contribution in [2.45, 2.75) is 30.3 Å². The molecule has 7 nitrogen and oxygen atoms in total. The smallest absolute Gasteiger partial charge is 0.308 e. The van der Waals surface area contributed by atoms with Crippen molar-refractivity contribution in [3.63, 3.8) is 0 Å². The van der Waals surface area contributed by atoms with Gasteiger partial charge in [0.15, 0.2) is 5.03 Å². The topological polar surface area (TPSA) is 112 Å². The van der Waals surface area contributed by atoms with Crippen LogP contribution < -0.4 is 4.72 Å². The van der Waals surface area contributed by atoms with Gasteiger partial charge in [0.05, 0.1) is 12.1 Å². The van der Waals surface area contributed by atoms with Crippen LogP contribution in [0.15, 0.2) is 17.3 Å². The first-order valence-electron chi connectivity index (χ1n) is 6.23. The summed E-state index contributed by atoms with van der Waals surface area (Å²) in [6, 6.07) is 0.843. The van der Waals surface area contributed by atoms with Crippen molar-refractivity contribution in [3.8, 4) is 0 Å². The molecular formula is C11H15N3O4S. The van der Waals surface area contributed by atoms with Gasteiger partial charge in [0, 0.05) is 6.04 Å². The highest BCUT2D eigenvalue weighted by Gasteiger charge is 2.52. The van der Waals surface area contributed by atoms with E-state index in [1.165, 1.54) is 12.3 Å². The van der Waals surface area contributed by atoms with E-state index in [0.717, 1.165) is 19.3 Å². The van der Waals surface area contributed by atoms with Gasteiger partial charge in [-0.3, -0.25) is 9.89 Å². The van der Waals surface area contributed by atoms with E-state index in [-0.39, 0.29) is 16.9 Å². The summed E-state index contributed by atoms with van der Waals surface area (Å²) in [7, 11) is -3.72. The molecule has 0 amide bonds. The Morgan fingerprint density at radius 1 is 1.42 bits per heavy atom. The van der Waals surface area contributed by atoms with E-state index < -0.39 is 28.0 Å². The third kappa shape index (κ3) is 2.04. The van der Waals surface area contributed by atoms with Crippen LogP contribution in [0.1, 0.15) is 19.3 Å². The Labute approximate surface area is 110 Å². The Kier molecular flexibility index (Phi) is 2.86. The van der Waals surface area contributed by atoms with Gasteiger partial charge in [0.2, 0.25) is 0 Å². The maximum atomic E-state index is 12.1. The van der Waals surface area contributed by atoms with Crippen LogP contribution in [0.2, 0.25) is 0 Å². The van der Waals surface area contributed by atoms with E-state index in [1.807, 2.05) is 0 Å². The number of aliphatic carboxylic acids is 1. The SMILES string of the molecule is O=C(O)C1C2CCC(C2)C1NS(=O)(=O)c1ccn[nH]1. The summed E-state index contributed by atoms with van der Waals surface area (Å²) in [6.45, 7) is 0. The first-order valence-corrected chi connectivity index (χ1v) is 7.72. The van der Waals surface area contributed by atoms with Crippen molar-refractivity contribution in [2.75, 3.05) is 0 Å². The summed E-state index contributed by atoms with van der Waals surface area (Å²) >= 11 is 0. The zero-order chi connectivity index (χ0) is 13.6. The predicted molar refractivity (Wildman–Crippen MR) is 64.7 cm³/mol. The molecule has 4 unspecified atom stereocenters. The highest BCUT2D eigenvalue weighted by atomic mass is 32.2. The van der Waals surface area contributed by atoms with Gasteiger partial charge in [-0.1, -0.05) is 0 Å². The number of carboxylic acid groups (broad SMARTS) is 1. The Hall–Kier alpha value is -1.41. The van der Waals surface area contributed by atoms with Crippen molar-refractivity contribution >= 4 is 16.0 Å². The highest BCUT2D eigenvalue weighted by molar-refractivity contribution is 7.89. The van der Waals surface area contributed by atoms with E-state index in [0.29, 0.717) is 0 Å². The van der Waals surface area contributed by atoms with Crippen LogP contribution >= 0.6 is 0 Å². The number of carbonyl (C=O) groups is 1. The molecule has 0 aromatic carbocycles. The van der Waals surface area contributed by atoms with E-state index in [1.54, 1.807) is 0 Å². The summed E-state index contributed by atoms with van der Waals surface area (Å²) in [4.78, 5) is 11.3. The molecule has 2 bridgehead atoms. The molecular weight excluding hydrogens is 270 g/mol. The predicted octanol–water partition coefficient (Wildman–Crippen LogP) is 0.187. The molecule has 0 saturated heterocycles. The van der Waals surface area contributed by atoms with Gasteiger partial charge >= 0.3 is 5.97 Å². The van der Waals surface area contributed by atoms with E-state index in [4.69, 9.17) is 0 Å². The van der Waals surface area contributed by atoms with Gasteiger partial charge in [-0.25, -0.2) is 13.1 Å². The van der Waals surface area contributed by atoms with Gasteiger partial charge in [-0.15, -0.1) is 0 Å². The van der Waals surface area contributed by atoms with Crippen LogP contribution in [0.25, 0.3) is 0 Å². The number of nitrogens with zero attached hydrogens (tertiary/aromatic N) is 1. The first kappa shape index (κ1) is 12.6. The molecule has 0 spiro atoms. The minimum absolute atomic E-state index is 0.0283. The molecule has 3 N–H and O–H groups in total. The molecule has 1 heterocycles. The fourth-order valence-corrected chi connectivity index (χ4v) is 4.69. The summed E-state index contributed by atoms with van der Waals surface area (Å²) in [5.41, 5.74) is 0. The molecule has 8 heteroatoms. The summed E-state index contributed by atoms with van der Waals surface area (Å²) in [5.74, 6) is -1.30. The molecule has 1 aromatic rings. The van der Waals surface area contributed by atoms with Gasteiger partial charge in [-0.2, -0.15) is 5.10 Å². The number of fused-ring (bicyclic) bond motifs is 2. The van der Waals surface area contributed by atoms with Gasteiger partial charge in [-0.05, 0) is 37.2 Å². The van der Waals surface area contributed by atoms with Crippen LogP contribution in [-0.2, 0) is 14.8 Å². The fourth-order valence-electron chi connectivity index (χ4n) is 3.45. The first-order chi connectivity index (χ1) is 8.99. The number of hydrogen-bond acceptors (Lipinski definition) is 4. The number of rotatable bonds is 4. The molecule has 0 radical (unpaired) electrons. The van der Waals surface area contributed by atoms with E-state index >= 15 is 0 Å². The van der Waals surface area contributed by atoms with Crippen LogP contribution in [0.3, 0.4) is 0 Å². The number of hydrogen-bond donors (Lipinski definition) is 3. The third-order valence-electron chi connectivity index (χ3n) is 4.26. The number of aromatic nitrogens is 2. The van der Waals surface area contributed by atoms with E-state index in [2.05, 4.69) is 14.9 Å². The molecule has 2 aliphatic rings. The lowest BCUT2D eigenvalue weighted by atomic mass is 9.85. The quantitative estimate of drug-likeness (QED) is 0.731. The molecule has 3 rings (SSSR count). The van der Waals surface area contributed by atoms with E-state index in [9.17, 15) is 18.3 Å². The molecule has 2 saturated carbocycles. The molecule has 2 aliphatic carbocycles. The Morgan fingerprint density at radius 3 is 2.79 bits per heavy atom. The summed E-state index contributed by atoms with van der Waals surface area (Å²) in [6.07, 6.45) is 3.92. The zero-order valence-electron chi connectivity index (χ0n) is 10.1. The van der Waals surface area contributed by atoms with Crippen LogP contribution in [-0.4, -0.2) is 35.7 Å². The normalized spacial score (nSPS) is 33.7. The third-order valence-corrected chi connectivity index (χ3v) is 5.65. The number of carboxylic acids is 1. The number of nitrogens with one attached hydrogen (secondary N) is 2. The lowest BCUT2D eigenvalue weighted by Gasteiger charge is -2.28. The van der Waals surface area contributed by atoms with Crippen molar-refractivity contribution in [2.24, 2.45) is 17.8 Å². The van der Waals surface area contributed by atoms with Crippen molar-refractivity contribution < 1.29 is 18.3 Å². The van der Waals surface area contributed by atoms with Gasteiger partial charge in [0.25, 0.3) is 10.0 Å². The fraction of sp³-hybridized carbons (Fsp3) is 0.636. The monoisotopic (exact) mass is 285 g/mol. The van der Waals surface area contributed by atoms with Crippen molar-refractivity contribution in [1.29, 1.82) is 0 Å². The maximum Gasteiger partial charge on any atom is 0.308 e.